The van der Waals surface area contributed by atoms with Gasteiger partial charge in [-0.25, -0.2) is 0 Å². The van der Waals surface area contributed by atoms with E-state index in [2.05, 4.69) is 31.2 Å². The highest BCUT2D eigenvalue weighted by Crippen LogP contribution is 2.23. The molecule has 0 radical (unpaired) electrons. The van der Waals surface area contributed by atoms with Crippen LogP contribution in [0, 0.1) is 6.92 Å². The van der Waals surface area contributed by atoms with Crippen molar-refractivity contribution in [3.63, 3.8) is 0 Å². The molecule has 3 heteroatoms. The first-order valence-electron chi connectivity index (χ1n) is 6.84. The first-order chi connectivity index (χ1) is 9.70. The summed E-state index contributed by atoms with van der Waals surface area (Å²) in [6.45, 7) is 3.41. The standard InChI is InChI=1S/C17H20ClNO/c1-13-4-2-3-5-17(13)14(12-19)10-11-20-16-8-6-15(18)7-9-16/h2-9,14H,10-12,19H2,1H3. The fourth-order valence-corrected chi connectivity index (χ4v) is 2.42. The average Bonchev–Trinajstić information content (AvgIpc) is 2.47. The van der Waals surface area contributed by atoms with Crippen LogP contribution < -0.4 is 10.5 Å². The maximum Gasteiger partial charge on any atom is 0.119 e. The molecule has 2 N–H and O–H groups in total. The van der Waals surface area contributed by atoms with E-state index in [4.69, 9.17) is 22.1 Å². The van der Waals surface area contributed by atoms with Crippen LogP contribution in [0.5, 0.6) is 5.75 Å². The first-order valence-corrected chi connectivity index (χ1v) is 7.22. The van der Waals surface area contributed by atoms with Gasteiger partial charge < -0.3 is 10.5 Å². The monoisotopic (exact) mass is 289 g/mol. The van der Waals surface area contributed by atoms with Crippen molar-refractivity contribution in [1.82, 2.24) is 0 Å². The van der Waals surface area contributed by atoms with E-state index in [0.29, 0.717) is 19.1 Å². The van der Waals surface area contributed by atoms with E-state index in [1.54, 1.807) is 0 Å². The summed E-state index contributed by atoms with van der Waals surface area (Å²) in [5.74, 6) is 1.18. The van der Waals surface area contributed by atoms with E-state index in [0.717, 1.165) is 17.2 Å². The van der Waals surface area contributed by atoms with E-state index in [1.807, 2.05) is 24.3 Å². The summed E-state index contributed by atoms with van der Waals surface area (Å²) in [7, 11) is 0. The number of halogens is 1. The zero-order chi connectivity index (χ0) is 14.4. The van der Waals surface area contributed by atoms with Crippen LogP contribution in [0.25, 0.3) is 0 Å². The molecule has 20 heavy (non-hydrogen) atoms. The van der Waals surface area contributed by atoms with Crippen LogP contribution in [-0.4, -0.2) is 13.2 Å². The Kier molecular flexibility index (Phi) is 5.45. The largest absolute Gasteiger partial charge is 0.494 e. The molecule has 0 amide bonds. The Morgan fingerprint density at radius 3 is 2.45 bits per heavy atom. The molecule has 0 bridgehead atoms. The molecule has 0 heterocycles. The molecule has 0 aliphatic carbocycles. The lowest BCUT2D eigenvalue weighted by atomic mass is 9.92. The predicted molar refractivity (Wildman–Crippen MR) is 84.5 cm³/mol. The third kappa shape index (κ3) is 3.99. The zero-order valence-electron chi connectivity index (χ0n) is 11.7. The molecule has 1 unspecified atom stereocenters. The van der Waals surface area contributed by atoms with Gasteiger partial charge in [-0.2, -0.15) is 0 Å². The average molecular weight is 290 g/mol. The van der Waals surface area contributed by atoms with Crippen LogP contribution in [-0.2, 0) is 0 Å². The van der Waals surface area contributed by atoms with Crippen molar-refractivity contribution in [3.8, 4) is 5.75 Å². The summed E-state index contributed by atoms with van der Waals surface area (Å²) in [5.41, 5.74) is 8.50. The van der Waals surface area contributed by atoms with Crippen molar-refractivity contribution >= 4 is 11.6 Å². The number of rotatable bonds is 6. The summed E-state index contributed by atoms with van der Waals surface area (Å²) in [6.07, 6.45) is 0.907. The second-order valence-electron chi connectivity index (χ2n) is 4.88. The highest BCUT2D eigenvalue weighted by atomic mass is 35.5. The molecule has 0 saturated carbocycles. The molecule has 0 spiro atoms. The Labute approximate surface area is 125 Å². The predicted octanol–water partition coefficient (Wildman–Crippen LogP) is 4.16. The van der Waals surface area contributed by atoms with E-state index in [-0.39, 0.29) is 0 Å². The minimum Gasteiger partial charge on any atom is -0.494 e. The quantitative estimate of drug-likeness (QED) is 0.866. The van der Waals surface area contributed by atoms with E-state index >= 15 is 0 Å². The van der Waals surface area contributed by atoms with Crippen LogP contribution in [0.2, 0.25) is 5.02 Å². The molecule has 0 aliphatic rings. The number of hydrogen-bond acceptors (Lipinski definition) is 2. The smallest absolute Gasteiger partial charge is 0.119 e. The Balaban J connectivity index is 1.91. The molecule has 106 valence electrons. The number of nitrogens with two attached hydrogens (primary N) is 1. The molecule has 0 saturated heterocycles. The molecule has 0 fully saturated rings. The van der Waals surface area contributed by atoms with Crippen molar-refractivity contribution in [2.75, 3.05) is 13.2 Å². The molecule has 0 aromatic heterocycles. The number of benzene rings is 2. The maximum absolute atomic E-state index is 5.90. The van der Waals surface area contributed by atoms with Crippen LogP contribution in [0.4, 0.5) is 0 Å². The second kappa shape index (κ2) is 7.32. The van der Waals surface area contributed by atoms with Gasteiger partial charge in [-0.05, 0) is 61.2 Å². The molecule has 2 nitrogen and oxygen atoms in total. The van der Waals surface area contributed by atoms with Crippen LogP contribution in [0.15, 0.2) is 48.5 Å². The van der Waals surface area contributed by atoms with Gasteiger partial charge in [0.15, 0.2) is 0 Å². The SMILES string of the molecule is Cc1ccccc1C(CN)CCOc1ccc(Cl)cc1. The molecule has 2 aromatic rings. The highest BCUT2D eigenvalue weighted by Gasteiger charge is 2.11. The number of aryl methyl sites for hydroxylation is 1. The molecule has 2 rings (SSSR count). The Morgan fingerprint density at radius 2 is 1.80 bits per heavy atom. The van der Waals surface area contributed by atoms with E-state index in [9.17, 15) is 0 Å². The summed E-state index contributed by atoms with van der Waals surface area (Å²) in [6, 6.07) is 15.8. The lowest BCUT2D eigenvalue weighted by molar-refractivity contribution is 0.298. The van der Waals surface area contributed by atoms with Crippen molar-refractivity contribution in [3.05, 3.63) is 64.7 Å². The number of ether oxygens (including phenoxy) is 1. The summed E-state index contributed by atoms with van der Waals surface area (Å²) < 4.78 is 5.74. The lowest BCUT2D eigenvalue weighted by Gasteiger charge is -2.18. The van der Waals surface area contributed by atoms with Gasteiger partial charge >= 0.3 is 0 Å². The normalized spacial score (nSPS) is 12.2. The number of hydrogen-bond donors (Lipinski definition) is 1. The third-order valence-electron chi connectivity index (χ3n) is 3.46. The molecule has 1 atom stereocenters. The summed E-state index contributed by atoms with van der Waals surface area (Å²) >= 11 is 5.84. The van der Waals surface area contributed by atoms with Crippen LogP contribution >= 0.6 is 11.6 Å². The minimum absolute atomic E-state index is 0.337. The summed E-state index contributed by atoms with van der Waals surface area (Å²) in [4.78, 5) is 0. The third-order valence-corrected chi connectivity index (χ3v) is 3.71. The van der Waals surface area contributed by atoms with Gasteiger partial charge in [0.25, 0.3) is 0 Å². The van der Waals surface area contributed by atoms with Crippen molar-refractivity contribution in [2.45, 2.75) is 19.3 Å². The fraction of sp³-hybridized carbons (Fsp3) is 0.294. The van der Waals surface area contributed by atoms with Gasteiger partial charge in [0, 0.05) is 5.02 Å². The topological polar surface area (TPSA) is 35.2 Å². The van der Waals surface area contributed by atoms with Crippen molar-refractivity contribution in [2.24, 2.45) is 5.73 Å². The second-order valence-corrected chi connectivity index (χ2v) is 5.32. The zero-order valence-corrected chi connectivity index (χ0v) is 12.4. The van der Waals surface area contributed by atoms with Gasteiger partial charge in [0.1, 0.15) is 5.75 Å². The fourth-order valence-electron chi connectivity index (χ4n) is 2.30. The Morgan fingerprint density at radius 1 is 1.10 bits per heavy atom. The lowest BCUT2D eigenvalue weighted by Crippen LogP contribution is -2.16. The van der Waals surface area contributed by atoms with Gasteiger partial charge in [-0.15, -0.1) is 0 Å². The Bertz CT molecular complexity index is 539. The van der Waals surface area contributed by atoms with Gasteiger partial charge in [0.05, 0.1) is 6.61 Å². The van der Waals surface area contributed by atoms with E-state index < -0.39 is 0 Å². The van der Waals surface area contributed by atoms with Crippen molar-refractivity contribution in [1.29, 1.82) is 0 Å². The van der Waals surface area contributed by atoms with Gasteiger partial charge in [-0.3, -0.25) is 0 Å². The first kappa shape index (κ1) is 14.9. The molecular weight excluding hydrogens is 270 g/mol. The Hall–Kier alpha value is -1.51. The minimum atomic E-state index is 0.337. The maximum atomic E-state index is 5.90. The van der Waals surface area contributed by atoms with Crippen LogP contribution in [0.1, 0.15) is 23.5 Å². The van der Waals surface area contributed by atoms with Gasteiger partial charge in [-0.1, -0.05) is 35.9 Å². The summed E-state index contributed by atoms with van der Waals surface area (Å²) in [5, 5.41) is 0.720. The van der Waals surface area contributed by atoms with Crippen LogP contribution in [0.3, 0.4) is 0 Å². The van der Waals surface area contributed by atoms with E-state index in [1.165, 1.54) is 11.1 Å². The van der Waals surface area contributed by atoms with Crippen molar-refractivity contribution < 1.29 is 4.74 Å². The molecular formula is C17H20ClNO. The molecule has 0 aliphatic heterocycles. The highest BCUT2D eigenvalue weighted by molar-refractivity contribution is 6.30. The molecule has 2 aromatic carbocycles. The van der Waals surface area contributed by atoms with Gasteiger partial charge in [0.2, 0.25) is 0 Å².